The molecule has 0 radical (unpaired) electrons. The van der Waals surface area contributed by atoms with Crippen LogP contribution in [0.5, 0.6) is 0 Å². The van der Waals surface area contributed by atoms with Crippen LogP contribution in [0.1, 0.15) is 11.4 Å². The third kappa shape index (κ3) is 2.11. The molecule has 0 atom stereocenters. The lowest BCUT2D eigenvalue weighted by Crippen LogP contribution is -1.96. The molecule has 0 aliphatic rings. The Morgan fingerprint density at radius 2 is 2.05 bits per heavy atom. The van der Waals surface area contributed by atoms with Gasteiger partial charge in [0.2, 0.25) is 0 Å². The minimum absolute atomic E-state index is 0.132. The van der Waals surface area contributed by atoms with Gasteiger partial charge in [0, 0.05) is 18.4 Å². The quantitative estimate of drug-likeness (QED) is 0.753. The number of pyridine rings is 1. The molecule has 0 amide bonds. The summed E-state index contributed by atoms with van der Waals surface area (Å²) in [4.78, 5) is 12.2. The van der Waals surface area contributed by atoms with Gasteiger partial charge in [0.25, 0.3) is 0 Å². The molecule has 2 N–H and O–H groups in total. The molecular formula is C15H15N3O. The Balaban J connectivity index is 2.24. The van der Waals surface area contributed by atoms with Crippen molar-refractivity contribution in [2.75, 3.05) is 6.61 Å². The number of H-pyrrole nitrogens is 1. The topological polar surface area (TPSA) is 61.8 Å². The number of aliphatic hydroxyl groups excluding tert-OH is 1. The number of aromatic amines is 1. The number of benzene rings is 1. The van der Waals surface area contributed by atoms with Gasteiger partial charge in [-0.05, 0) is 25.0 Å². The van der Waals surface area contributed by atoms with Crippen molar-refractivity contribution in [2.45, 2.75) is 13.3 Å². The van der Waals surface area contributed by atoms with Crippen LogP contribution in [-0.4, -0.2) is 26.7 Å². The van der Waals surface area contributed by atoms with Crippen LogP contribution in [0.4, 0.5) is 0 Å². The summed E-state index contributed by atoms with van der Waals surface area (Å²) in [7, 11) is 0. The fourth-order valence-electron chi connectivity index (χ4n) is 2.35. The molecule has 0 bridgehead atoms. The first kappa shape index (κ1) is 11.9. The van der Waals surface area contributed by atoms with Gasteiger partial charge in [0.1, 0.15) is 11.3 Å². The van der Waals surface area contributed by atoms with E-state index in [2.05, 4.69) is 15.0 Å². The molecule has 2 heterocycles. The third-order valence-corrected chi connectivity index (χ3v) is 3.17. The van der Waals surface area contributed by atoms with Crippen LogP contribution in [0.2, 0.25) is 0 Å². The van der Waals surface area contributed by atoms with E-state index in [0.717, 1.165) is 33.7 Å². The molecule has 3 aromatic rings. The molecule has 96 valence electrons. The molecule has 0 saturated carbocycles. The minimum atomic E-state index is 0.132. The van der Waals surface area contributed by atoms with Crippen molar-refractivity contribution in [3.8, 4) is 11.3 Å². The summed E-state index contributed by atoms with van der Waals surface area (Å²) in [6, 6.07) is 9.93. The second-order valence-electron chi connectivity index (χ2n) is 4.51. The highest BCUT2D eigenvalue weighted by molar-refractivity contribution is 5.90. The summed E-state index contributed by atoms with van der Waals surface area (Å²) in [5.74, 6) is 0.879. The van der Waals surface area contributed by atoms with Crippen molar-refractivity contribution in [2.24, 2.45) is 0 Å². The van der Waals surface area contributed by atoms with E-state index in [4.69, 9.17) is 5.11 Å². The predicted molar refractivity (Wildman–Crippen MR) is 74.9 cm³/mol. The summed E-state index contributed by atoms with van der Waals surface area (Å²) in [6.07, 6.45) is 2.41. The van der Waals surface area contributed by atoms with Gasteiger partial charge >= 0.3 is 0 Å². The summed E-state index contributed by atoms with van der Waals surface area (Å²) < 4.78 is 0. The van der Waals surface area contributed by atoms with E-state index in [-0.39, 0.29) is 6.61 Å². The number of fused-ring (bicyclic) bond motifs is 1. The minimum Gasteiger partial charge on any atom is -0.396 e. The molecule has 19 heavy (non-hydrogen) atoms. The average Bonchev–Trinajstić information content (AvgIpc) is 2.80. The fraction of sp³-hybridized carbons (Fsp3) is 0.200. The van der Waals surface area contributed by atoms with Gasteiger partial charge in [-0.25, -0.2) is 4.98 Å². The Hall–Kier alpha value is -2.20. The Labute approximate surface area is 111 Å². The molecule has 0 aliphatic carbocycles. The molecule has 0 saturated heterocycles. The zero-order valence-electron chi connectivity index (χ0n) is 10.7. The smallest absolute Gasteiger partial charge is 0.115 e. The molecule has 0 unspecified atom stereocenters. The summed E-state index contributed by atoms with van der Waals surface area (Å²) in [5, 5.41) is 9.17. The Morgan fingerprint density at radius 1 is 1.21 bits per heavy atom. The van der Waals surface area contributed by atoms with E-state index >= 15 is 0 Å². The Bertz CT molecular complexity index is 718. The number of imidazole rings is 1. The summed E-state index contributed by atoms with van der Waals surface area (Å²) in [5.41, 5.74) is 4.86. The molecule has 4 nitrogen and oxygen atoms in total. The predicted octanol–water partition coefficient (Wildman–Crippen LogP) is 2.47. The van der Waals surface area contributed by atoms with Crippen molar-refractivity contribution in [3.63, 3.8) is 0 Å². The number of aromatic nitrogens is 3. The molecule has 3 rings (SSSR count). The highest BCUT2D eigenvalue weighted by Gasteiger charge is 2.11. The van der Waals surface area contributed by atoms with Crippen molar-refractivity contribution >= 4 is 11.0 Å². The average molecular weight is 253 g/mol. The molecule has 1 aromatic carbocycles. The van der Waals surface area contributed by atoms with E-state index in [1.807, 2.05) is 37.3 Å². The standard InChI is InChI=1S/C15H15N3O/c1-10-17-13-6-8-16-14(15(13)18-10)12-5-3-2-4-11(12)7-9-19/h2-6,8,19H,7,9H2,1H3,(H,17,18). The monoisotopic (exact) mass is 253 g/mol. The van der Waals surface area contributed by atoms with Crippen LogP contribution in [0.3, 0.4) is 0 Å². The van der Waals surface area contributed by atoms with E-state index in [9.17, 15) is 0 Å². The number of rotatable bonds is 3. The maximum atomic E-state index is 9.17. The van der Waals surface area contributed by atoms with Gasteiger partial charge in [0.15, 0.2) is 0 Å². The van der Waals surface area contributed by atoms with E-state index < -0.39 is 0 Å². The second kappa shape index (κ2) is 4.82. The highest BCUT2D eigenvalue weighted by Crippen LogP contribution is 2.27. The zero-order chi connectivity index (χ0) is 13.2. The first-order valence-electron chi connectivity index (χ1n) is 6.30. The SMILES string of the molecule is Cc1nc2c(-c3ccccc3CCO)nccc2[nH]1. The number of aliphatic hydroxyl groups is 1. The lowest BCUT2D eigenvalue weighted by Gasteiger charge is -2.08. The maximum Gasteiger partial charge on any atom is 0.115 e. The molecule has 0 spiro atoms. The summed E-state index contributed by atoms with van der Waals surface area (Å²) in [6.45, 7) is 2.07. The molecule has 0 fully saturated rings. The molecular weight excluding hydrogens is 238 g/mol. The van der Waals surface area contributed by atoms with Crippen LogP contribution in [0, 0.1) is 6.92 Å². The maximum absolute atomic E-state index is 9.17. The molecule has 0 aliphatic heterocycles. The van der Waals surface area contributed by atoms with Crippen LogP contribution < -0.4 is 0 Å². The van der Waals surface area contributed by atoms with Gasteiger partial charge < -0.3 is 10.1 Å². The van der Waals surface area contributed by atoms with Crippen LogP contribution in [-0.2, 0) is 6.42 Å². The van der Waals surface area contributed by atoms with Crippen molar-refractivity contribution in [3.05, 3.63) is 47.9 Å². The zero-order valence-corrected chi connectivity index (χ0v) is 10.7. The lowest BCUT2D eigenvalue weighted by atomic mass is 10.0. The van der Waals surface area contributed by atoms with Gasteiger partial charge in [-0.15, -0.1) is 0 Å². The molecule has 2 aromatic heterocycles. The van der Waals surface area contributed by atoms with E-state index in [1.54, 1.807) is 6.20 Å². The first-order chi connectivity index (χ1) is 9.29. The fourth-order valence-corrected chi connectivity index (χ4v) is 2.35. The van der Waals surface area contributed by atoms with Crippen LogP contribution >= 0.6 is 0 Å². The highest BCUT2D eigenvalue weighted by atomic mass is 16.2. The number of nitrogens with one attached hydrogen (secondary N) is 1. The van der Waals surface area contributed by atoms with Gasteiger partial charge in [-0.1, -0.05) is 24.3 Å². The normalized spacial score (nSPS) is 11.1. The Kier molecular flexibility index (Phi) is 3.01. The van der Waals surface area contributed by atoms with E-state index in [0.29, 0.717) is 6.42 Å². The van der Waals surface area contributed by atoms with Crippen molar-refractivity contribution < 1.29 is 5.11 Å². The third-order valence-electron chi connectivity index (χ3n) is 3.17. The van der Waals surface area contributed by atoms with Crippen molar-refractivity contribution in [1.29, 1.82) is 0 Å². The van der Waals surface area contributed by atoms with Gasteiger partial charge in [-0.2, -0.15) is 0 Å². The number of hydrogen-bond donors (Lipinski definition) is 2. The second-order valence-corrected chi connectivity index (χ2v) is 4.51. The van der Waals surface area contributed by atoms with Crippen LogP contribution in [0.25, 0.3) is 22.3 Å². The lowest BCUT2D eigenvalue weighted by molar-refractivity contribution is 0.300. The van der Waals surface area contributed by atoms with Gasteiger partial charge in [-0.3, -0.25) is 4.98 Å². The summed E-state index contributed by atoms with van der Waals surface area (Å²) >= 11 is 0. The Morgan fingerprint density at radius 3 is 2.89 bits per heavy atom. The van der Waals surface area contributed by atoms with Crippen LogP contribution in [0.15, 0.2) is 36.5 Å². The largest absolute Gasteiger partial charge is 0.396 e. The first-order valence-corrected chi connectivity index (χ1v) is 6.30. The number of hydrogen-bond acceptors (Lipinski definition) is 3. The molecule has 4 heteroatoms. The number of aryl methyl sites for hydroxylation is 1. The number of nitrogens with zero attached hydrogens (tertiary/aromatic N) is 2. The van der Waals surface area contributed by atoms with Gasteiger partial charge in [0.05, 0.1) is 11.2 Å². The van der Waals surface area contributed by atoms with Crippen molar-refractivity contribution in [1.82, 2.24) is 15.0 Å². The van der Waals surface area contributed by atoms with E-state index in [1.165, 1.54) is 0 Å².